The second-order valence-electron chi connectivity index (χ2n) is 5.46. The van der Waals surface area contributed by atoms with E-state index in [0.29, 0.717) is 17.9 Å². The number of methoxy groups -OCH3 is 2. The number of anilines is 1. The SMILES string of the molecule is CC[C@@H](Nc1cccc(Br)c1)C(=O)NN=Cc1ccc(OC)c(OC)c1. The molecule has 0 unspecified atom stereocenters. The Bertz CT molecular complexity index is 780. The molecular formula is C19H22BrN3O3. The van der Waals surface area contributed by atoms with E-state index in [4.69, 9.17) is 9.47 Å². The minimum atomic E-state index is -0.383. The van der Waals surface area contributed by atoms with Gasteiger partial charge in [0.05, 0.1) is 20.4 Å². The fraction of sp³-hybridized carbons (Fsp3) is 0.263. The first kappa shape index (κ1) is 19.8. The lowest BCUT2D eigenvalue weighted by atomic mass is 10.2. The predicted molar refractivity (Wildman–Crippen MR) is 107 cm³/mol. The highest BCUT2D eigenvalue weighted by Crippen LogP contribution is 2.26. The summed E-state index contributed by atoms with van der Waals surface area (Å²) < 4.78 is 11.4. The lowest BCUT2D eigenvalue weighted by Gasteiger charge is -2.16. The number of benzene rings is 2. The largest absolute Gasteiger partial charge is 0.493 e. The summed E-state index contributed by atoms with van der Waals surface area (Å²) in [4.78, 5) is 12.3. The zero-order valence-corrected chi connectivity index (χ0v) is 16.5. The van der Waals surface area contributed by atoms with Gasteiger partial charge in [-0.2, -0.15) is 5.10 Å². The third-order valence-corrected chi connectivity index (χ3v) is 4.18. The first-order chi connectivity index (χ1) is 12.6. The molecular weight excluding hydrogens is 398 g/mol. The molecule has 7 heteroatoms. The number of amides is 1. The summed E-state index contributed by atoms with van der Waals surface area (Å²) in [5.74, 6) is 1.03. The van der Waals surface area contributed by atoms with E-state index in [2.05, 4.69) is 31.8 Å². The van der Waals surface area contributed by atoms with E-state index < -0.39 is 0 Å². The number of carbonyl (C=O) groups is 1. The van der Waals surface area contributed by atoms with Crippen molar-refractivity contribution in [2.24, 2.45) is 5.10 Å². The molecule has 0 radical (unpaired) electrons. The average Bonchev–Trinajstić information content (AvgIpc) is 2.65. The maximum Gasteiger partial charge on any atom is 0.262 e. The minimum Gasteiger partial charge on any atom is -0.493 e. The summed E-state index contributed by atoms with van der Waals surface area (Å²) in [6, 6.07) is 12.7. The quantitative estimate of drug-likeness (QED) is 0.503. The van der Waals surface area contributed by atoms with Crippen molar-refractivity contribution in [1.29, 1.82) is 0 Å². The molecule has 6 nitrogen and oxygen atoms in total. The highest BCUT2D eigenvalue weighted by atomic mass is 79.9. The van der Waals surface area contributed by atoms with Crippen LogP contribution in [0.5, 0.6) is 11.5 Å². The Balaban J connectivity index is 1.98. The number of hydrazone groups is 1. The monoisotopic (exact) mass is 419 g/mol. The second kappa shape index (κ2) is 9.82. The average molecular weight is 420 g/mol. The second-order valence-corrected chi connectivity index (χ2v) is 6.38. The van der Waals surface area contributed by atoms with E-state index in [0.717, 1.165) is 15.7 Å². The number of hydrogen-bond acceptors (Lipinski definition) is 5. The Kier molecular flexibility index (Phi) is 7.47. The van der Waals surface area contributed by atoms with E-state index in [9.17, 15) is 4.79 Å². The zero-order chi connectivity index (χ0) is 18.9. The Morgan fingerprint density at radius 3 is 2.62 bits per heavy atom. The van der Waals surface area contributed by atoms with Crippen LogP contribution in [0.2, 0.25) is 0 Å². The predicted octanol–water partition coefficient (Wildman–Crippen LogP) is 3.81. The van der Waals surface area contributed by atoms with Crippen LogP contribution in [0.15, 0.2) is 52.0 Å². The summed E-state index contributed by atoms with van der Waals surface area (Å²) in [6.45, 7) is 1.94. The van der Waals surface area contributed by atoms with Gasteiger partial charge in [-0.15, -0.1) is 0 Å². The summed E-state index contributed by atoms with van der Waals surface area (Å²) in [6.07, 6.45) is 2.19. The van der Waals surface area contributed by atoms with Gasteiger partial charge in [-0.25, -0.2) is 5.43 Å². The number of ether oxygens (including phenoxy) is 2. The molecule has 0 saturated carbocycles. The van der Waals surface area contributed by atoms with Crippen LogP contribution in [-0.4, -0.2) is 32.4 Å². The minimum absolute atomic E-state index is 0.204. The summed E-state index contributed by atoms with van der Waals surface area (Å²) >= 11 is 3.42. The van der Waals surface area contributed by atoms with Gasteiger partial charge in [-0.05, 0) is 48.4 Å². The lowest BCUT2D eigenvalue weighted by Crippen LogP contribution is -2.36. The molecule has 138 valence electrons. The van der Waals surface area contributed by atoms with E-state index >= 15 is 0 Å². The van der Waals surface area contributed by atoms with Crippen LogP contribution in [0.25, 0.3) is 0 Å². The number of carbonyl (C=O) groups excluding carboxylic acids is 1. The molecule has 2 aromatic carbocycles. The Morgan fingerprint density at radius 2 is 1.96 bits per heavy atom. The van der Waals surface area contributed by atoms with Gasteiger partial charge in [0, 0.05) is 10.2 Å². The van der Waals surface area contributed by atoms with E-state index in [1.165, 1.54) is 0 Å². The molecule has 2 rings (SSSR count). The summed E-state index contributed by atoms with van der Waals surface area (Å²) in [7, 11) is 3.15. The molecule has 26 heavy (non-hydrogen) atoms. The molecule has 1 amide bonds. The number of hydrogen-bond donors (Lipinski definition) is 2. The van der Waals surface area contributed by atoms with Crippen molar-refractivity contribution in [2.45, 2.75) is 19.4 Å². The molecule has 2 aromatic rings. The van der Waals surface area contributed by atoms with Crippen LogP contribution in [0.4, 0.5) is 5.69 Å². The molecule has 0 spiro atoms. The van der Waals surface area contributed by atoms with Crippen molar-refractivity contribution in [3.8, 4) is 11.5 Å². The van der Waals surface area contributed by atoms with Crippen molar-refractivity contribution in [1.82, 2.24) is 5.43 Å². The molecule has 1 atom stereocenters. The van der Waals surface area contributed by atoms with Gasteiger partial charge in [0.15, 0.2) is 11.5 Å². The van der Waals surface area contributed by atoms with Crippen LogP contribution in [0.1, 0.15) is 18.9 Å². The van der Waals surface area contributed by atoms with Crippen LogP contribution in [0.3, 0.4) is 0 Å². The number of halogens is 1. The normalized spacial score (nSPS) is 11.8. The molecule has 0 bridgehead atoms. The van der Waals surface area contributed by atoms with Gasteiger partial charge in [-0.3, -0.25) is 4.79 Å². The van der Waals surface area contributed by atoms with Gasteiger partial charge >= 0.3 is 0 Å². The summed E-state index contributed by atoms with van der Waals surface area (Å²) in [5.41, 5.74) is 4.22. The number of nitrogens with zero attached hydrogens (tertiary/aromatic N) is 1. The molecule has 0 heterocycles. The fourth-order valence-corrected chi connectivity index (χ4v) is 2.71. The molecule has 0 fully saturated rings. The number of nitrogens with one attached hydrogen (secondary N) is 2. The zero-order valence-electron chi connectivity index (χ0n) is 15.0. The molecule has 2 N–H and O–H groups in total. The van der Waals surface area contributed by atoms with E-state index in [1.807, 2.05) is 37.3 Å². The van der Waals surface area contributed by atoms with Crippen LogP contribution in [-0.2, 0) is 4.79 Å². The summed E-state index contributed by atoms with van der Waals surface area (Å²) in [5, 5.41) is 7.23. The van der Waals surface area contributed by atoms with Crippen LogP contribution in [0, 0.1) is 0 Å². The van der Waals surface area contributed by atoms with Crippen molar-refractivity contribution in [3.05, 3.63) is 52.5 Å². The molecule has 0 aliphatic carbocycles. The molecule has 0 aliphatic rings. The highest BCUT2D eigenvalue weighted by Gasteiger charge is 2.15. The topological polar surface area (TPSA) is 72.0 Å². The first-order valence-corrected chi connectivity index (χ1v) is 8.93. The Morgan fingerprint density at radius 1 is 1.19 bits per heavy atom. The van der Waals surface area contributed by atoms with Gasteiger partial charge in [0.1, 0.15) is 6.04 Å². The Labute approximate surface area is 161 Å². The van der Waals surface area contributed by atoms with Gasteiger partial charge in [0.2, 0.25) is 0 Å². The van der Waals surface area contributed by atoms with Crippen molar-refractivity contribution >= 4 is 33.7 Å². The maximum atomic E-state index is 12.3. The third-order valence-electron chi connectivity index (χ3n) is 3.69. The lowest BCUT2D eigenvalue weighted by molar-refractivity contribution is -0.121. The number of rotatable bonds is 8. The smallest absolute Gasteiger partial charge is 0.262 e. The maximum absolute atomic E-state index is 12.3. The van der Waals surface area contributed by atoms with E-state index in [1.54, 1.807) is 32.6 Å². The standard InChI is InChI=1S/C19H22BrN3O3/c1-4-16(22-15-7-5-6-14(20)11-15)19(24)23-21-12-13-8-9-17(25-2)18(10-13)26-3/h5-12,16,22H,4H2,1-3H3,(H,23,24)/t16-/m1/s1. The van der Waals surface area contributed by atoms with E-state index in [-0.39, 0.29) is 11.9 Å². The third kappa shape index (κ3) is 5.49. The van der Waals surface area contributed by atoms with Gasteiger partial charge < -0.3 is 14.8 Å². The van der Waals surface area contributed by atoms with Gasteiger partial charge in [0.25, 0.3) is 5.91 Å². The molecule has 0 aliphatic heterocycles. The molecule has 0 saturated heterocycles. The van der Waals surface area contributed by atoms with Crippen molar-refractivity contribution in [3.63, 3.8) is 0 Å². The molecule has 0 aromatic heterocycles. The Hall–Kier alpha value is -2.54. The van der Waals surface area contributed by atoms with Gasteiger partial charge in [-0.1, -0.05) is 28.9 Å². The van der Waals surface area contributed by atoms with Crippen molar-refractivity contribution in [2.75, 3.05) is 19.5 Å². The van der Waals surface area contributed by atoms with Crippen LogP contribution < -0.4 is 20.2 Å². The highest BCUT2D eigenvalue weighted by molar-refractivity contribution is 9.10. The van der Waals surface area contributed by atoms with Crippen LogP contribution >= 0.6 is 15.9 Å². The fourth-order valence-electron chi connectivity index (χ4n) is 2.31. The first-order valence-electron chi connectivity index (χ1n) is 8.14. The van der Waals surface area contributed by atoms with Crippen molar-refractivity contribution < 1.29 is 14.3 Å².